The van der Waals surface area contributed by atoms with E-state index in [1.54, 1.807) is 60.4 Å². The highest BCUT2D eigenvalue weighted by atomic mass is 35.5. The molecule has 1 atom stereocenters. The molecule has 1 fully saturated rings. The minimum Gasteiger partial charge on any atom is -0.462 e. The number of nitrogens with zero attached hydrogens (tertiary/aromatic N) is 1. The van der Waals surface area contributed by atoms with Gasteiger partial charge in [-0.3, -0.25) is 9.59 Å². The lowest BCUT2D eigenvalue weighted by molar-refractivity contribution is -0.122. The van der Waals surface area contributed by atoms with Crippen molar-refractivity contribution in [1.82, 2.24) is 0 Å². The summed E-state index contributed by atoms with van der Waals surface area (Å²) in [6.45, 7) is 2.34. The quantitative estimate of drug-likeness (QED) is 0.798. The first-order chi connectivity index (χ1) is 13.0. The van der Waals surface area contributed by atoms with Crippen LogP contribution in [-0.4, -0.2) is 30.9 Å². The molecule has 1 aliphatic heterocycles. The first-order valence-electron chi connectivity index (χ1n) is 8.62. The van der Waals surface area contributed by atoms with Gasteiger partial charge >= 0.3 is 5.97 Å². The summed E-state index contributed by atoms with van der Waals surface area (Å²) in [6.07, 6.45) is 0.138. The number of hydrogen-bond acceptors (Lipinski definition) is 4. The van der Waals surface area contributed by atoms with E-state index in [-0.39, 0.29) is 18.2 Å². The molecule has 2 aromatic carbocycles. The van der Waals surface area contributed by atoms with Crippen molar-refractivity contribution in [2.45, 2.75) is 13.3 Å². The highest BCUT2D eigenvalue weighted by molar-refractivity contribution is 6.31. The van der Waals surface area contributed by atoms with E-state index < -0.39 is 11.9 Å². The molecule has 6 nitrogen and oxygen atoms in total. The van der Waals surface area contributed by atoms with Crippen LogP contribution in [0.25, 0.3) is 0 Å². The van der Waals surface area contributed by atoms with Crippen LogP contribution in [0.2, 0.25) is 5.02 Å². The highest BCUT2D eigenvalue weighted by Crippen LogP contribution is 2.28. The Morgan fingerprint density at radius 1 is 1.22 bits per heavy atom. The second kappa shape index (κ2) is 8.22. The van der Waals surface area contributed by atoms with Crippen molar-refractivity contribution in [2.75, 3.05) is 23.4 Å². The number of halogens is 1. The molecule has 1 saturated heterocycles. The Balaban J connectivity index is 1.63. The number of nitrogens with one attached hydrogen (secondary N) is 1. The second-order valence-electron chi connectivity index (χ2n) is 6.17. The van der Waals surface area contributed by atoms with Gasteiger partial charge in [0.05, 0.1) is 18.1 Å². The number of anilines is 2. The molecule has 27 heavy (non-hydrogen) atoms. The maximum Gasteiger partial charge on any atom is 0.338 e. The van der Waals surface area contributed by atoms with Crippen LogP contribution in [0.3, 0.4) is 0 Å². The number of carbonyl (C=O) groups is 3. The average Bonchev–Trinajstić information content (AvgIpc) is 3.04. The zero-order chi connectivity index (χ0) is 19.4. The first-order valence-corrected chi connectivity index (χ1v) is 8.99. The van der Waals surface area contributed by atoms with Crippen LogP contribution in [0.1, 0.15) is 23.7 Å². The standard InChI is InChI=1S/C20H19ClN2O4/c1-2-27-20(26)13-6-8-16(9-7-13)22-19(25)14-10-18(24)23(12-14)17-5-3-4-15(21)11-17/h3-9,11,14H,2,10,12H2,1H3,(H,22,25)/t14-/m1/s1. The minimum absolute atomic E-state index is 0.116. The SMILES string of the molecule is CCOC(=O)c1ccc(NC(=O)[C@@H]2CC(=O)N(c3cccc(Cl)c3)C2)cc1. The number of amides is 2. The van der Waals surface area contributed by atoms with E-state index >= 15 is 0 Å². The molecule has 7 heteroatoms. The zero-order valence-electron chi connectivity index (χ0n) is 14.8. The molecule has 0 aromatic heterocycles. The second-order valence-corrected chi connectivity index (χ2v) is 6.61. The zero-order valence-corrected chi connectivity index (χ0v) is 15.5. The van der Waals surface area contributed by atoms with Gasteiger partial charge in [-0.05, 0) is 49.4 Å². The summed E-state index contributed by atoms with van der Waals surface area (Å²) in [6, 6.07) is 13.4. The average molecular weight is 387 g/mol. The molecule has 0 saturated carbocycles. The minimum atomic E-state index is -0.457. The largest absolute Gasteiger partial charge is 0.462 e. The number of esters is 1. The van der Waals surface area contributed by atoms with Crippen molar-refractivity contribution < 1.29 is 19.1 Å². The molecule has 1 aliphatic rings. The molecular formula is C20H19ClN2O4. The van der Waals surface area contributed by atoms with Gasteiger partial charge in [0.15, 0.2) is 0 Å². The van der Waals surface area contributed by atoms with E-state index in [1.165, 1.54) is 0 Å². The Labute approximate surface area is 162 Å². The predicted molar refractivity (Wildman–Crippen MR) is 103 cm³/mol. The Morgan fingerprint density at radius 2 is 1.96 bits per heavy atom. The third-order valence-corrected chi connectivity index (χ3v) is 4.51. The molecule has 1 heterocycles. The van der Waals surface area contributed by atoms with Crippen molar-refractivity contribution in [1.29, 1.82) is 0 Å². The van der Waals surface area contributed by atoms with Gasteiger partial charge in [0.2, 0.25) is 11.8 Å². The van der Waals surface area contributed by atoms with E-state index in [2.05, 4.69) is 5.32 Å². The third-order valence-electron chi connectivity index (χ3n) is 4.28. The molecule has 0 aliphatic carbocycles. The monoisotopic (exact) mass is 386 g/mol. The highest BCUT2D eigenvalue weighted by Gasteiger charge is 2.35. The summed E-state index contributed by atoms with van der Waals surface area (Å²) in [5.74, 6) is -1.22. The van der Waals surface area contributed by atoms with Gasteiger partial charge in [-0.15, -0.1) is 0 Å². The molecule has 0 spiro atoms. The van der Waals surface area contributed by atoms with Crippen LogP contribution in [0.4, 0.5) is 11.4 Å². The molecule has 0 radical (unpaired) electrons. The van der Waals surface area contributed by atoms with Gasteiger partial charge in [0, 0.05) is 29.4 Å². The van der Waals surface area contributed by atoms with Crippen LogP contribution < -0.4 is 10.2 Å². The smallest absolute Gasteiger partial charge is 0.338 e. The van der Waals surface area contributed by atoms with Crippen LogP contribution >= 0.6 is 11.6 Å². The maximum atomic E-state index is 12.5. The van der Waals surface area contributed by atoms with Crippen LogP contribution in [0.5, 0.6) is 0 Å². The summed E-state index contributed by atoms with van der Waals surface area (Å²) in [7, 11) is 0. The van der Waals surface area contributed by atoms with E-state index in [0.717, 1.165) is 0 Å². The van der Waals surface area contributed by atoms with E-state index in [4.69, 9.17) is 16.3 Å². The number of hydrogen-bond donors (Lipinski definition) is 1. The molecule has 140 valence electrons. The van der Waals surface area contributed by atoms with E-state index in [0.29, 0.717) is 35.1 Å². The molecule has 1 N–H and O–H groups in total. The predicted octanol–water partition coefficient (Wildman–Crippen LogP) is 3.51. The fourth-order valence-electron chi connectivity index (χ4n) is 2.93. The topological polar surface area (TPSA) is 75.7 Å². The Hall–Kier alpha value is -2.86. The molecule has 2 aromatic rings. The number of carbonyl (C=O) groups excluding carboxylic acids is 3. The van der Waals surface area contributed by atoms with Gasteiger partial charge in [-0.1, -0.05) is 17.7 Å². The molecule has 3 rings (SSSR count). The lowest BCUT2D eigenvalue weighted by Crippen LogP contribution is -2.28. The summed E-state index contributed by atoms with van der Waals surface area (Å²) in [5, 5.41) is 3.33. The van der Waals surface area contributed by atoms with Gasteiger partial charge in [-0.2, -0.15) is 0 Å². The van der Waals surface area contributed by atoms with Crippen LogP contribution in [-0.2, 0) is 14.3 Å². The summed E-state index contributed by atoms with van der Waals surface area (Å²) < 4.78 is 4.93. The number of ether oxygens (including phenoxy) is 1. The van der Waals surface area contributed by atoms with Gasteiger partial charge in [-0.25, -0.2) is 4.79 Å². The van der Waals surface area contributed by atoms with Crippen molar-refractivity contribution in [2.24, 2.45) is 5.92 Å². The van der Waals surface area contributed by atoms with Crippen LogP contribution in [0.15, 0.2) is 48.5 Å². The van der Waals surface area contributed by atoms with Crippen LogP contribution in [0, 0.1) is 5.92 Å². The Morgan fingerprint density at radius 3 is 2.63 bits per heavy atom. The summed E-state index contributed by atoms with van der Waals surface area (Å²) in [5.41, 5.74) is 1.65. The summed E-state index contributed by atoms with van der Waals surface area (Å²) >= 11 is 5.98. The van der Waals surface area contributed by atoms with Crippen molar-refractivity contribution in [3.05, 3.63) is 59.1 Å². The Kier molecular flexibility index (Phi) is 5.76. The van der Waals surface area contributed by atoms with Gasteiger partial charge in [0.25, 0.3) is 0 Å². The number of rotatable bonds is 5. The van der Waals surface area contributed by atoms with E-state index in [9.17, 15) is 14.4 Å². The fraction of sp³-hybridized carbons (Fsp3) is 0.250. The lowest BCUT2D eigenvalue weighted by Gasteiger charge is -2.17. The van der Waals surface area contributed by atoms with Crippen molar-refractivity contribution >= 4 is 40.8 Å². The number of benzene rings is 2. The van der Waals surface area contributed by atoms with Gasteiger partial charge < -0.3 is 15.0 Å². The third kappa shape index (κ3) is 4.46. The normalized spacial score (nSPS) is 16.3. The molecule has 0 unspecified atom stereocenters. The van der Waals surface area contributed by atoms with E-state index in [1.807, 2.05) is 0 Å². The molecular weight excluding hydrogens is 368 g/mol. The molecule has 2 amide bonds. The lowest BCUT2D eigenvalue weighted by atomic mass is 10.1. The fourth-order valence-corrected chi connectivity index (χ4v) is 3.11. The maximum absolute atomic E-state index is 12.5. The van der Waals surface area contributed by atoms with Gasteiger partial charge in [0.1, 0.15) is 0 Å². The molecule has 0 bridgehead atoms. The first kappa shape index (κ1) is 18.9. The van der Waals surface area contributed by atoms with Crippen molar-refractivity contribution in [3.8, 4) is 0 Å². The summed E-state index contributed by atoms with van der Waals surface area (Å²) in [4.78, 5) is 38.0. The Bertz CT molecular complexity index is 867. The van der Waals surface area contributed by atoms with Crippen molar-refractivity contribution in [3.63, 3.8) is 0 Å².